The molecule has 3 rings (SSSR count). The number of hydrogen-bond donors (Lipinski definition) is 2. The smallest absolute Gasteiger partial charge is 0.250 e. The van der Waals surface area contributed by atoms with Gasteiger partial charge in [0.05, 0.1) is 16.1 Å². The van der Waals surface area contributed by atoms with Gasteiger partial charge < -0.3 is 11.5 Å². The number of nitrogens with zero attached hydrogens (tertiary/aromatic N) is 2. The topological polar surface area (TPSA) is 119 Å². The molecule has 1 amide bonds. The number of benzene rings is 2. The van der Waals surface area contributed by atoms with Gasteiger partial charge in [0.1, 0.15) is 0 Å². The van der Waals surface area contributed by atoms with Gasteiger partial charge in [-0.3, -0.25) is 9.78 Å². The number of carbonyl (C=O) groups is 1. The highest BCUT2D eigenvalue weighted by molar-refractivity contribution is 7.89. The Bertz CT molecular complexity index is 1130. The predicted molar refractivity (Wildman–Crippen MR) is 109 cm³/mol. The molecule has 0 aliphatic carbocycles. The zero-order valence-electron chi connectivity index (χ0n) is 15.5. The number of amides is 1. The fourth-order valence-corrected chi connectivity index (χ4v) is 3.73. The number of pyridine rings is 1. The lowest BCUT2D eigenvalue weighted by Gasteiger charge is -2.15. The Balaban J connectivity index is 2.16. The highest BCUT2D eigenvalue weighted by Gasteiger charge is 2.18. The van der Waals surface area contributed by atoms with E-state index >= 15 is 0 Å². The molecule has 4 N–H and O–H groups in total. The van der Waals surface area contributed by atoms with Gasteiger partial charge in [0.25, 0.3) is 5.91 Å². The van der Waals surface area contributed by atoms with Gasteiger partial charge >= 0.3 is 0 Å². The van der Waals surface area contributed by atoms with E-state index in [1.54, 1.807) is 30.6 Å². The van der Waals surface area contributed by atoms with Gasteiger partial charge in [-0.2, -0.15) is 0 Å². The van der Waals surface area contributed by atoms with Crippen molar-refractivity contribution in [2.24, 2.45) is 5.73 Å². The largest absolute Gasteiger partial charge is 0.398 e. The minimum absolute atomic E-state index is 0.167. The van der Waals surface area contributed by atoms with Gasteiger partial charge in [0.15, 0.2) is 0 Å². The molecule has 7 nitrogen and oxygen atoms in total. The Morgan fingerprint density at radius 3 is 2.07 bits per heavy atom. The Kier molecular flexibility index (Phi) is 5.17. The van der Waals surface area contributed by atoms with Crippen LogP contribution in [0.2, 0.25) is 0 Å². The lowest BCUT2D eigenvalue weighted by atomic mass is 9.94. The van der Waals surface area contributed by atoms with Crippen LogP contribution in [0.5, 0.6) is 0 Å². The number of rotatable bonds is 5. The normalized spacial score (nSPS) is 11.5. The van der Waals surface area contributed by atoms with Crippen LogP contribution in [0.1, 0.15) is 10.4 Å². The summed E-state index contributed by atoms with van der Waals surface area (Å²) in [6, 6.07) is 13.4. The van der Waals surface area contributed by atoms with Crippen LogP contribution in [0.15, 0.2) is 65.8 Å². The highest BCUT2D eigenvalue weighted by atomic mass is 32.2. The minimum atomic E-state index is -3.54. The Labute approximate surface area is 163 Å². The first-order valence-electron chi connectivity index (χ1n) is 8.38. The average molecular weight is 396 g/mol. The maximum Gasteiger partial charge on any atom is 0.250 e. The molecule has 0 aliphatic heterocycles. The molecule has 0 spiro atoms. The van der Waals surface area contributed by atoms with Crippen molar-refractivity contribution < 1.29 is 13.2 Å². The fraction of sp³-hybridized carbons (Fsp3) is 0.100. The second-order valence-electron chi connectivity index (χ2n) is 6.40. The van der Waals surface area contributed by atoms with Crippen molar-refractivity contribution in [2.45, 2.75) is 4.90 Å². The molecule has 0 aliphatic rings. The summed E-state index contributed by atoms with van der Waals surface area (Å²) in [7, 11) is -0.596. The van der Waals surface area contributed by atoms with Gasteiger partial charge in [0, 0.05) is 32.1 Å². The monoisotopic (exact) mass is 396 g/mol. The molecule has 0 atom stereocenters. The van der Waals surface area contributed by atoms with Crippen molar-refractivity contribution in [3.8, 4) is 22.3 Å². The molecular weight excluding hydrogens is 376 g/mol. The molecule has 0 fully saturated rings. The SMILES string of the molecule is CN(C)S(=O)(=O)c1ccc(-c2cc(-c3ccncc3)cc(C(N)=O)c2N)cc1. The van der Waals surface area contributed by atoms with Crippen LogP contribution in [0.25, 0.3) is 22.3 Å². The number of primary amides is 1. The van der Waals surface area contributed by atoms with Crippen molar-refractivity contribution in [3.63, 3.8) is 0 Å². The first-order valence-corrected chi connectivity index (χ1v) is 9.82. The lowest BCUT2D eigenvalue weighted by Crippen LogP contribution is -2.22. The molecule has 3 aromatic rings. The van der Waals surface area contributed by atoms with E-state index in [9.17, 15) is 13.2 Å². The van der Waals surface area contributed by atoms with Crippen molar-refractivity contribution in [2.75, 3.05) is 19.8 Å². The highest BCUT2D eigenvalue weighted by Crippen LogP contribution is 2.34. The number of nitrogen functional groups attached to an aromatic ring is 1. The number of anilines is 1. The quantitative estimate of drug-likeness (QED) is 0.642. The van der Waals surface area contributed by atoms with Crippen molar-refractivity contribution in [1.82, 2.24) is 9.29 Å². The molecule has 2 aromatic carbocycles. The number of sulfonamides is 1. The fourth-order valence-electron chi connectivity index (χ4n) is 2.82. The van der Waals surface area contributed by atoms with Gasteiger partial charge in [-0.25, -0.2) is 12.7 Å². The van der Waals surface area contributed by atoms with Gasteiger partial charge in [-0.1, -0.05) is 12.1 Å². The molecule has 0 radical (unpaired) electrons. The van der Waals surface area contributed by atoms with E-state index in [1.807, 2.05) is 18.2 Å². The summed E-state index contributed by atoms with van der Waals surface area (Å²) in [6.07, 6.45) is 3.30. The van der Waals surface area contributed by atoms with Crippen LogP contribution in [-0.2, 0) is 10.0 Å². The van der Waals surface area contributed by atoms with Gasteiger partial charge in [-0.15, -0.1) is 0 Å². The van der Waals surface area contributed by atoms with Crippen LogP contribution in [-0.4, -0.2) is 37.7 Å². The summed E-state index contributed by atoms with van der Waals surface area (Å²) in [5.41, 5.74) is 15.0. The van der Waals surface area contributed by atoms with Gasteiger partial charge in [-0.05, 0) is 53.1 Å². The number of carbonyl (C=O) groups excluding carboxylic acids is 1. The summed E-state index contributed by atoms with van der Waals surface area (Å²) in [5.74, 6) is -0.638. The Hall–Kier alpha value is -3.23. The second kappa shape index (κ2) is 7.41. The van der Waals surface area contributed by atoms with Gasteiger partial charge in [0.2, 0.25) is 10.0 Å². The van der Waals surface area contributed by atoms with E-state index < -0.39 is 15.9 Å². The van der Waals surface area contributed by atoms with E-state index in [4.69, 9.17) is 11.5 Å². The average Bonchev–Trinajstić information content (AvgIpc) is 2.68. The molecule has 144 valence electrons. The van der Waals surface area contributed by atoms with E-state index in [0.29, 0.717) is 11.1 Å². The molecule has 0 saturated heterocycles. The predicted octanol–water partition coefficient (Wildman–Crippen LogP) is 2.35. The number of aromatic nitrogens is 1. The van der Waals surface area contributed by atoms with E-state index in [1.165, 1.54) is 26.2 Å². The molecule has 0 bridgehead atoms. The molecule has 1 heterocycles. The summed E-state index contributed by atoms with van der Waals surface area (Å²) in [5, 5.41) is 0. The molecule has 0 unspecified atom stereocenters. The summed E-state index contributed by atoms with van der Waals surface area (Å²) >= 11 is 0. The number of hydrogen-bond acceptors (Lipinski definition) is 5. The molecule has 28 heavy (non-hydrogen) atoms. The standard InChI is InChI=1S/C20H20N4O3S/c1-24(2)28(26,27)16-5-3-14(4-6-16)17-11-15(13-7-9-23-10-8-13)12-18(19(17)21)20(22)25/h3-12H,21H2,1-2H3,(H2,22,25). The molecular formula is C20H20N4O3S. The zero-order chi connectivity index (χ0) is 20.5. The molecule has 8 heteroatoms. The van der Waals surface area contributed by atoms with Crippen LogP contribution >= 0.6 is 0 Å². The maximum atomic E-state index is 12.3. The Morgan fingerprint density at radius 2 is 1.54 bits per heavy atom. The molecule has 1 aromatic heterocycles. The third kappa shape index (κ3) is 3.60. The van der Waals surface area contributed by atoms with Crippen LogP contribution in [0.3, 0.4) is 0 Å². The first kappa shape index (κ1) is 19.5. The van der Waals surface area contributed by atoms with Crippen molar-refractivity contribution >= 4 is 21.6 Å². The van der Waals surface area contributed by atoms with Crippen LogP contribution in [0.4, 0.5) is 5.69 Å². The second-order valence-corrected chi connectivity index (χ2v) is 8.55. The van der Waals surface area contributed by atoms with E-state index in [2.05, 4.69) is 4.98 Å². The maximum absolute atomic E-state index is 12.3. The third-order valence-corrected chi connectivity index (χ3v) is 6.23. The number of nitrogens with two attached hydrogens (primary N) is 2. The summed E-state index contributed by atoms with van der Waals surface area (Å²) in [6.45, 7) is 0. The van der Waals surface area contributed by atoms with Crippen molar-refractivity contribution in [1.29, 1.82) is 0 Å². The Morgan fingerprint density at radius 1 is 0.929 bits per heavy atom. The summed E-state index contributed by atoms with van der Waals surface area (Å²) < 4.78 is 25.7. The summed E-state index contributed by atoms with van der Waals surface area (Å²) in [4.78, 5) is 16.1. The van der Waals surface area contributed by atoms with E-state index in [-0.39, 0.29) is 16.1 Å². The van der Waals surface area contributed by atoms with E-state index in [0.717, 1.165) is 15.4 Å². The minimum Gasteiger partial charge on any atom is -0.398 e. The zero-order valence-corrected chi connectivity index (χ0v) is 16.3. The third-order valence-electron chi connectivity index (χ3n) is 4.40. The van der Waals surface area contributed by atoms with Crippen LogP contribution < -0.4 is 11.5 Å². The molecule has 0 saturated carbocycles. The first-order chi connectivity index (χ1) is 13.2. The van der Waals surface area contributed by atoms with Crippen molar-refractivity contribution in [3.05, 3.63) is 66.5 Å². The van der Waals surface area contributed by atoms with Crippen LogP contribution in [0, 0.1) is 0 Å². The lowest BCUT2D eigenvalue weighted by molar-refractivity contribution is 0.100.